The third-order valence-electron chi connectivity index (χ3n) is 5.27. The van der Waals surface area contributed by atoms with Crippen LogP contribution in [-0.4, -0.2) is 49.5 Å². The normalized spacial score (nSPS) is 18.4. The van der Waals surface area contributed by atoms with Crippen LogP contribution < -0.4 is 9.47 Å². The average molecular weight is 450 g/mol. The van der Waals surface area contributed by atoms with E-state index >= 15 is 0 Å². The van der Waals surface area contributed by atoms with E-state index in [9.17, 15) is 17.6 Å². The fourth-order valence-corrected chi connectivity index (χ4v) is 5.38. The van der Waals surface area contributed by atoms with Gasteiger partial charge in [-0.25, -0.2) is 12.8 Å². The number of carbonyl (C=O) groups excluding carboxylic acids is 1. The minimum atomic E-state index is -3.19. The van der Waals surface area contributed by atoms with Gasteiger partial charge in [-0.1, -0.05) is 31.2 Å². The van der Waals surface area contributed by atoms with Gasteiger partial charge in [0, 0.05) is 12.6 Å². The number of halogens is 1. The number of benzene rings is 2. The molecule has 0 spiro atoms. The zero-order chi connectivity index (χ0) is 22.4. The summed E-state index contributed by atoms with van der Waals surface area (Å²) in [6.07, 6.45) is -0.212. The van der Waals surface area contributed by atoms with Crippen LogP contribution in [-0.2, 0) is 21.2 Å². The number of carbonyl (C=O) groups is 1. The van der Waals surface area contributed by atoms with Crippen LogP contribution in [0.2, 0.25) is 0 Å². The Morgan fingerprint density at radius 1 is 1.16 bits per heavy atom. The summed E-state index contributed by atoms with van der Waals surface area (Å²) in [5, 5.41) is 0. The van der Waals surface area contributed by atoms with Gasteiger partial charge in [0.1, 0.15) is 5.75 Å². The number of ether oxygens (including phenoxy) is 2. The lowest BCUT2D eigenvalue weighted by atomic mass is 10.1. The maximum atomic E-state index is 14.1. The molecule has 1 amide bonds. The maximum absolute atomic E-state index is 14.1. The molecule has 1 heterocycles. The Balaban J connectivity index is 1.83. The second kappa shape index (κ2) is 10.1. The number of sulfone groups is 1. The van der Waals surface area contributed by atoms with Gasteiger partial charge in [-0.3, -0.25) is 4.79 Å². The number of hydrogen-bond acceptors (Lipinski definition) is 5. The van der Waals surface area contributed by atoms with Crippen LogP contribution >= 0.6 is 0 Å². The van der Waals surface area contributed by atoms with Crippen molar-refractivity contribution in [1.29, 1.82) is 0 Å². The minimum Gasteiger partial charge on any atom is -0.494 e. The smallest absolute Gasteiger partial charge is 0.264 e. The molecule has 2 aromatic rings. The zero-order valence-corrected chi connectivity index (χ0v) is 18.6. The Morgan fingerprint density at radius 3 is 2.45 bits per heavy atom. The van der Waals surface area contributed by atoms with E-state index in [1.165, 1.54) is 12.1 Å². The van der Waals surface area contributed by atoms with Gasteiger partial charge in [0.15, 0.2) is 27.5 Å². The van der Waals surface area contributed by atoms with E-state index in [0.717, 1.165) is 11.3 Å². The Bertz CT molecular complexity index is 993. The second-order valence-corrected chi connectivity index (χ2v) is 9.77. The predicted octanol–water partition coefficient (Wildman–Crippen LogP) is 3.60. The van der Waals surface area contributed by atoms with Gasteiger partial charge in [0.2, 0.25) is 0 Å². The number of para-hydroxylation sites is 1. The van der Waals surface area contributed by atoms with Crippen molar-refractivity contribution in [3.63, 3.8) is 0 Å². The SMILES string of the molecule is CCOc1ccc(CN(C(=O)C(CC)Oc2ccccc2F)C2CCS(=O)(=O)C2)cc1. The summed E-state index contributed by atoms with van der Waals surface area (Å²) in [6, 6.07) is 12.8. The Morgan fingerprint density at radius 2 is 1.87 bits per heavy atom. The third-order valence-corrected chi connectivity index (χ3v) is 7.02. The number of amides is 1. The molecular formula is C23H28FNO5S. The Kier molecular flexibility index (Phi) is 7.54. The lowest BCUT2D eigenvalue weighted by molar-refractivity contribution is -0.141. The first kappa shape index (κ1) is 23.1. The molecule has 1 fully saturated rings. The van der Waals surface area contributed by atoms with Crippen molar-refractivity contribution in [1.82, 2.24) is 4.90 Å². The van der Waals surface area contributed by atoms with Gasteiger partial charge in [-0.05, 0) is 49.6 Å². The molecule has 168 valence electrons. The summed E-state index contributed by atoms with van der Waals surface area (Å²) < 4.78 is 49.4. The van der Waals surface area contributed by atoms with Crippen molar-refractivity contribution in [3.8, 4) is 11.5 Å². The van der Waals surface area contributed by atoms with Crippen molar-refractivity contribution in [2.75, 3.05) is 18.1 Å². The van der Waals surface area contributed by atoms with Gasteiger partial charge < -0.3 is 14.4 Å². The van der Waals surface area contributed by atoms with Crippen molar-refractivity contribution >= 4 is 15.7 Å². The summed E-state index contributed by atoms with van der Waals surface area (Å²) in [7, 11) is -3.19. The van der Waals surface area contributed by atoms with Crippen LogP contribution in [0.3, 0.4) is 0 Å². The molecule has 0 N–H and O–H groups in total. The highest BCUT2D eigenvalue weighted by Crippen LogP contribution is 2.25. The summed E-state index contributed by atoms with van der Waals surface area (Å²) in [4.78, 5) is 15.0. The molecule has 1 aliphatic heterocycles. The van der Waals surface area contributed by atoms with Crippen molar-refractivity contribution < 1.29 is 27.1 Å². The molecule has 0 saturated carbocycles. The summed E-state index contributed by atoms with van der Waals surface area (Å²) in [5.74, 6) is -0.191. The molecule has 2 atom stereocenters. The first-order chi connectivity index (χ1) is 14.8. The van der Waals surface area contributed by atoms with Gasteiger partial charge >= 0.3 is 0 Å². The van der Waals surface area contributed by atoms with Crippen molar-refractivity contribution in [2.24, 2.45) is 0 Å². The van der Waals surface area contributed by atoms with Gasteiger partial charge in [0.25, 0.3) is 5.91 Å². The Labute approximate surface area is 182 Å². The highest BCUT2D eigenvalue weighted by molar-refractivity contribution is 7.91. The lowest BCUT2D eigenvalue weighted by Gasteiger charge is -2.32. The van der Waals surface area contributed by atoms with Gasteiger partial charge in [0.05, 0.1) is 18.1 Å². The van der Waals surface area contributed by atoms with Crippen LogP contribution in [0, 0.1) is 5.82 Å². The fraction of sp³-hybridized carbons (Fsp3) is 0.435. The first-order valence-electron chi connectivity index (χ1n) is 10.5. The number of hydrogen-bond donors (Lipinski definition) is 0. The van der Waals surface area contributed by atoms with E-state index in [1.54, 1.807) is 24.0 Å². The van der Waals surface area contributed by atoms with Crippen molar-refractivity contribution in [3.05, 3.63) is 59.9 Å². The predicted molar refractivity (Wildman–Crippen MR) is 116 cm³/mol. The van der Waals surface area contributed by atoms with Crippen LogP contribution in [0.4, 0.5) is 4.39 Å². The van der Waals surface area contributed by atoms with E-state index in [-0.39, 0.29) is 29.7 Å². The largest absolute Gasteiger partial charge is 0.494 e. The minimum absolute atomic E-state index is 0.00256. The Hall–Kier alpha value is -2.61. The zero-order valence-electron chi connectivity index (χ0n) is 17.8. The summed E-state index contributed by atoms with van der Waals surface area (Å²) in [6.45, 7) is 4.47. The molecule has 0 aliphatic carbocycles. The monoisotopic (exact) mass is 449 g/mol. The quantitative estimate of drug-likeness (QED) is 0.585. The summed E-state index contributed by atoms with van der Waals surface area (Å²) in [5.41, 5.74) is 0.849. The van der Waals surface area contributed by atoms with E-state index in [1.807, 2.05) is 31.2 Å². The molecule has 2 unspecified atom stereocenters. The maximum Gasteiger partial charge on any atom is 0.264 e. The topological polar surface area (TPSA) is 72.9 Å². The molecule has 3 rings (SSSR count). The molecule has 1 aliphatic rings. The number of nitrogens with zero attached hydrogens (tertiary/aromatic N) is 1. The molecule has 2 aromatic carbocycles. The average Bonchev–Trinajstić information content (AvgIpc) is 3.11. The molecular weight excluding hydrogens is 421 g/mol. The van der Waals surface area contributed by atoms with E-state index in [4.69, 9.17) is 9.47 Å². The van der Waals surface area contributed by atoms with E-state index in [2.05, 4.69) is 0 Å². The fourth-order valence-electron chi connectivity index (χ4n) is 3.65. The number of rotatable bonds is 9. The molecule has 0 aromatic heterocycles. The lowest BCUT2D eigenvalue weighted by Crippen LogP contribution is -2.47. The van der Waals surface area contributed by atoms with Crippen LogP contribution in [0.1, 0.15) is 32.3 Å². The van der Waals surface area contributed by atoms with Gasteiger partial charge in [-0.2, -0.15) is 0 Å². The second-order valence-electron chi connectivity index (χ2n) is 7.55. The molecule has 31 heavy (non-hydrogen) atoms. The van der Waals surface area contributed by atoms with Crippen molar-refractivity contribution in [2.45, 2.75) is 45.4 Å². The van der Waals surface area contributed by atoms with E-state index in [0.29, 0.717) is 19.4 Å². The van der Waals surface area contributed by atoms with Crippen LogP contribution in [0.15, 0.2) is 48.5 Å². The highest BCUT2D eigenvalue weighted by atomic mass is 32.2. The standard InChI is InChI=1S/C23H28FNO5S/c1-3-21(30-22-8-6-5-7-20(22)24)23(26)25(18-13-14-31(27,28)16-18)15-17-9-11-19(12-10-17)29-4-2/h5-12,18,21H,3-4,13-16H2,1-2H3. The summed E-state index contributed by atoms with van der Waals surface area (Å²) >= 11 is 0. The van der Waals surface area contributed by atoms with Crippen LogP contribution in [0.5, 0.6) is 11.5 Å². The van der Waals surface area contributed by atoms with Crippen LogP contribution in [0.25, 0.3) is 0 Å². The third kappa shape index (κ3) is 5.97. The molecule has 0 radical (unpaired) electrons. The first-order valence-corrected chi connectivity index (χ1v) is 12.3. The molecule has 0 bridgehead atoms. The molecule has 8 heteroatoms. The molecule has 6 nitrogen and oxygen atoms in total. The molecule has 1 saturated heterocycles. The highest BCUT2D eigenvalue weighted by Gasteiger charge is 2.37. The van der Waals surface area contributed by atoms with E-state index < -0.39 is 27.8 Å². The van der Waals surface area contributed by atoms with Gasteiger partial charge in [-0.15, -0.1) is 0 Å².